The molecule has 1 saturated heterocycles. The molecule has 0 aromatic heterocycles. The summed E-state index contributed by atoms with van der Waals surface area (Å²) in [5.41, 5.74) is 8.46. The number of hydrogen-bond acceptors (Lipinski definition) is 5. The monoisotopic (exact) mass is 556 g/mol. The summed E-state index contributed by atoms with van der Waals surface area (Å²) in [4.78, 5) is 15.3. The minimum absolute atomic E-state index is 0.209. The highest BCUT2D eigenvalue weighted by Gasteiger charge is 2.52. The number of rotatable bonds is 7. The lowest BCUT2D eigenvalue weighted by atomic mass is 9.75. The largest absolute Gasteiger partial charge is 0.494 e. The van der Waals surface area contributed by atoms with Crippen LogP contribution in [0.3, 0.4) is 0 Å². The number of aryl methyl sites for hydroxylation is 1. The van der Waals surface area contributed by atoms with Gasteiger partial charge in [-0.2, -0.15) is 0 Å². The van der Waals surface area contributed by atoms with Gasteiger partial charge in [0.05, 0.1) is 17.2 Å². The zero-order valence-electron chi connectivity index (χ0n) is 24.9. The predicted octanol–water partition coefficient (Wildman–Crippen LogP) is 5.84. The second-order valence-electron chi connectivity index (χ2n) is 13.2. The first kappa shape index (κ1) is 30.5. The fourth-order valence-electron chi connectivity index (χ4n) is 5.38. The summed E-state index contributed by atoms with van der Waals surface area (Å²) in [6.45, 7) is 14.0. The van der Waals surface area contributed by atoms with Gasteiger partial charge in [0.1, 0.15) is 17.2 Å². The Kier molecular flexibility index (Phi) is 8.70. The van der Waals surface area contributed by atoms with Crippen LogP contribution in [-0.4, -0.2) is 47.5 Å². The molecule has 218 valence electrons. The molecular formula is C31H43BF2N2O4. The lowest BCUT2D eigenvalue weighted by Crippen LogP contribution is -2.43. The maximum Gasteiger partial charge on any atom is 0.494 e. The van der Waals surface area contributed by atoms with Crippen LogP contribution in [0.25, 0.3) is 0 Å². The first-order valence-electron chi connectivity index (χ1n) is 14.2. The molecule has 2 aromatic rings. The molecule has 1 amide bonds. The van der Waals surface area contributed by atoms with Crippen molar-refractivity contribution in [2.24, 2.45) is 5.73 Å². The molecule has 0 unspecified atom stereocenters. The van der Waals surface area contributed by atoms with E-state index in [1.54, 1.807) is 4.90 Å². The van der Waals surface area contributed by atoms with Crippen molar-refractivity contribution in [3.8, 4) is 0 Å². The van der Waals surface area contributed by atoms with Gasteiger partial charge in [-0.05, 0) is 115 Å². The number of halogens is 2. The Labute approximate surface area is 237 Å². The number of amides is 1. The molecule has 1 aliphatic carbocycles. The fraction of sp³-hybridized carbons (Fsp3) is 0.581. The average Bonchev–Trinajstić information content (AvgIpc) is 3.03. The Morgan fingerprint density at radius 3 is 2.33 bits per heavy atom. The van der Waals surface area contributed by atoms with Crippen molar-refractivity contribution in [2.45, 2.75) is 109 Å². The molecule has 1 fully saturated rings. The van der Waals surface area contributed by atoms with Crippen molar-refractivity contribution in [1.29, 1.82) is 0 Å². The molecule has 0 radical (unpaired) electrons. The van der Waals surface area contributed by atoms with Gasteiger partial charge in [0.2, 0.25) is 0 Å². The van der Waals surface area contributed by atoms with E-state index in [4.69, 9.17) is 19.8 Å². The third-order valence-electron chi connectivity index (χ3n) is 8.14. The number of hydrogen-bond donors (Lipinski definition) is 1. The molecule has 0 bridgehead atoms. The maximum atomic E-state index is 13.7. The van der Waals surface area contributed by atoms with Gasteiger partial charge in [-0.25, -0.2) is 13.6 Å². The average molecular weight is 557 g/mol. The van der Waals surface area contributed by atoms with Crippen LogP contribution in [0, 0.1) is 11.6 Å². The van der Waals surface area contributed by atoms with E-state index in [1.807, 2.05) is 48.5 Å². The molecule has 40 heavy (non-hydrogen) atoms. The van der Waals surface area contributed by atoms with E-state index in [1.165, 1.54) is 17.7 Å². The highest BCUT2D eigenvalue weighted by atomic mass is 19.1. The number of nitrogens with zero attached hydrogens (tertiary/aromatic N) is 1. The molecule has 6 nitrogen and oxygen atoms in total. The number of carbonyl (C=O) groups excluding carboxylic acids is 1. The van der Waals surface area contributed by atoms with Crippen molar-refractivity contribution in [3.05, 3.63) is 64.7 Å². The van der Waals surface area contributed by atoms with Crippen LogP contribution in [0.4, 0.5) is 13.6 Å². The first-order chi connectivity index (χ1) is 18.5. The molecule has 1 aliphatic heterocycles. The van der Waals surface area contributed by atoms with E-state index in [0.717, 1.165) is 36.4 Å². The van der Waals surface area contributed by atoms with Gasteiger partial charge in [-0.15, -0.1) is 0 Å². The van der Waals surface area contributed by atoms with E-state index in [0.29, 0.717) is 24.9 Å². The molecule has 0 saturated carbocycles. The predicted molar refractivity (Wildman–Crippen MR) is 153 cm³/mol. The van der Waals surface area contributed by atoms with Crippen molar-refractivity contribution in [1.82, 2.24) is 4.90 Å². The van der Waals surface area contributed by atoms with Gasteiger partial charge in [0.15, 0.2) is 0 Å². The van der Waals surface area contributed by atoms with Crippen molar-refractivity contribution in [2.75, 3.05) is 6.54 Å². The highest BCUT2D eigenvalue weighted by molar-refractivity contribution is 6.62. The molecule has 4 rings (SSSR count). The highest BCUT2D eigenvalue weighted by Crippen LogP contribution is 2.38. The van der Waals surface area contributed by atoms with Crippen molar-refractivity contribution < 1.29 is 27.6 Å². The standard InChI is InChI=1S/C31H43BF2N2O4/c1-29(2,3)38-28(37)36(14-13-25(35)17-20-15-23(33)19-24(34)16-20)27-10-8-9-21-11-12-22(18-26(21)27)32-39-30(4,5)31(6,7)40-32/h11-12,15-16,18-19,25,27H,8-10,13-14,17,35H2,1-7H3/t25-,27+/m1/s1. The SMILES string of the molecule is CC(C)(C)OC(=O)N(CC[C@@H](N)Cc1cc(F)cc(F)c1)[C@H]1CCCc2ccc(B3OC(C)(C)C(C)(C)O3)cc21. The zero-order valence-corrected chi connectivity index (χ0v) is 24.9. The van der Waals surface area contributed by atoms with E-state index in [9.17, 15) is 13.6 Å². The van der Waals surface area contributed by atoms with Crippen LogP contribution in [0.2, 0.25) is 0 Å². The van der Waals surface area contributed by atoms with Crippen LogP contribution in [0.15, 0.2) is 36.4 Å². The number of carbonyl (C=O) groups is 1. The van der Waals surface area contributed by atoms with Gasteiger partial charge in [0.25, 0.3) is 0 Å². The number of nitrogens with two attached hydrogens (primary N) is 1. The van der Waals surface area contributed by atoms with Crippen molar-refractivity contribution in [3.63, 3.8) is 0 Å². The van der Waals surface area contributed by atoms with Gasteiger partial charge >= 0.3 is 13.2 Å². The minimum atomic E-state index is -0.668. The Morgan fingerprint density at radius 2 is 1.73 bits per heavy atom. The quantitative estimate of drug-likeness (QED) is 0.434. The summed E-state index contributed by atoms with van der Waals surface area (Å²) in [5, 5.41) is 0. The number of benzene rings is 2. The molecule has 0 spiro atoms. The second kappa shape index (κ2) is 11.4. The molecule has 9 heteroatoms. The molecule has 1 heterocycles. The smallest absolute Gasteiger partial charge is 0.444 e. The van der Waals surface area contributed by atoms with Gasteiger partial charge in [-0.3, -0.25) is 0 Å². The fourth-order valence-corrected chi connectivity index (χ4v) is 5.38. The lowest BCUT2D eigenvalue weighted by Gasteiger charge is -2.37. The topological polar surface area (TPSA) is 74.0 Å². The van der Waals surface area contributed by atoms with E-state index in [-0.39, 0.29) is 6.04 Å². The Hall–Kier alpha value is -2.49. The van der Waals surface area contributed by atoms with Gasteiger partial charge < -0.3 is 24.7 Å². The van der Waals surface area contributed by atoms with Crippen LogP contribution in [0.5, 0.6) is 0 Å². The third-order valence-corrected chi connectivity index (χ3v) is 8.14. The molecule has 2 N–H and O–H groups in total. The van der Waals surface area contributed by atoms with Gasteiger partial charge in [-0.1, -0.05) is 18.2 Å². The minimum Gasteiger partial charge on any atom is -0.444 e. The van der Waals surface area contributed by atoms with Crippen molar-refractivity contribution >= 4 is 18.7 Å². The summed E-state index contributed by atoms with van der Waals surface area (Å²) in [7, 11) is -0.507. The summed E-state index contributed by atoms with van der Waals surface area (Å²) in [6.07, 6.45) is 2.97. The van der Waals surface area contributed by atoms with E-state index < -0.39 is 47.7 Å². The maximum absolute atomic E-state index is 13.7. The van der Waals surface area contributed by atoms with Crippen LogP contribution in [-0.2, 0) is 26.9 Å². The zero-order chi connectivity index (χ0) is 29.5. The molecular weight excluding hydrogens is 513 g/mol. The summed E-state index contributed by atoms with van der Waals surface area (Å²) < 4.78 is 45.8. The number of ether oxygens (including phenoxy) is 1. The molecule has 2 atom stereocenters. The third kappa shape index (κ3) is 7.04. The Morgan fingerprint density at radius 1 is 1.10 bits per heavy atom. The second-order valence-corrected chi connectivity index (χ2v) is 13.2. The molecule has 2 aliphatic rings. The van der Waals surface area contributed by atoms with Crippen LogP contribution >= 0.6 is 0 Å². The summed E-state index contributed by atoms with van der Waals surface area (Å²) in [5.74, 6) is -1.26. The normalized spacial score (nSPS) is 20.6. The summed E-state index contributed by atoms with van der Waals surface area (Å²) in [6, 6.07) is 9.09. The summed E-state index contributed by atoms with van der Waals surface area (Å²) >= 11 is 0. The first-order valence-corrected chi connectivity index (χ1v) is 14.2. The van der Waals surface area contributed by atoms with Crippen LogP contribution < -0.4 is 11.2 Å². The van der Waals surface area contributed by atoms with E-state index >= 15 is 0 Å². The Bertz CT molecular complexity index is 1190. The molecule has 2 aromatic carbocycles. The van der Waals surface area contributed by atoms with Crippen LogP contribution in [0.1, 0.15) is 90.5 Å². The Balaban J connectivity index is 1.58. The van der Waals surface area contributed by atoms with Gasteiger partial charge in [0, 0.05) is 18.7 Å². The number of fused-ring (bicyclic) bond motifs is 1. The lowest BCUT2D eigenvalue weighted by molar-refractivity contribution is 0.00578. The van der Waals surface area contributed by atoms with E-state index in [2.05, 4.69) is 18.2 Å².